The highest BCUT2D eigenvalue weighted by Gasteiger charge is 2.27. The van der Waals surface area contributed by atoms with Gasteiger partial charge in [0.2, 0.25) is 5.91 Å². The molecule has 140 valence electrons. The second-order valence-corrected chi connectivity index (χ2v) is 7.26. The highest BCUT2D eigenvalue weighted by molar-refractivity contribution is 7.17. The van der Waals surface area contributed by atoms with Crippen molar-refractivity contribution in [3.8, 4) is 11.7 Å². The number of nitrogens with zero attached hydrogens (tertiary/aromatic N) is 2. The van der Waals surface area contributed by atoms with Crippen molar-refractivity contribution in [1.29, 1.82) is 0 Å². The van der Waals surface area contributed by atoms with Crippen LogP contribution in [-0.2, 0) is 29.0 Å². The number of thiophene rings is 1. The fourth-order valence-corrected chi connectivity index (χ4v) is 4.36. The van der Waals surface area contributed by atoms with Crippen molar-refractivity contribution in [1.82, 2.24) is 10.2 Å². The number of carbonyl (C=O) groups excluding carboxylic acids is 2. The molecule has 0 unspecified atom stereocenters. The number of furan rings is 1. The van der Waals surface area contributed by atoms with Crippen LogP contribution in [0.5, 0.6) is 0 Å². The van der Waals surface area contributed by atoms with Crippen LogP contribution in [0.1, 0.15) is 46.5 Å². The molecule has 0 atom stereocenters. The first-order valence-corrected chi connectivity index (χ1v) is 9.39. The quantitative estimate of drug-likeness (QED) is 0.667. The van der Waals surface area contributed by atoms with E-state index in [1.54, 1.807) is 12.1 Å². The number of anilines is 1. The average Bonchev–Trinajstić information content (AvgIpc) is 3.37. The molecule has 9 heteroatoms. The molecule has 0 saturated heterocycles. The van der Waals surface area contributed by atoms with Gasteiger partial charge in [-0.2, -0.15) is 0 Å². The lowest BCUT2D eigenvalue weighted by molar-refractivity contribution is -0.114. The zero-order valence-electron chi connectivity index (χ0n) is 14.6. The molecule has 0 bridgehead atoms. The van der Waals surface area contributed by atoms with Crippen LogP contribution in [0.3, 0.4) is 0 Å². The van der Waals surface area contributed by atoms with E-state index < -0.39 is 5.97 Å². The van der Waals surface area contributed by atoms with Gasteiger partial charge in [0.1, 0.15) is 5.00 Å². The molecule has 0 radical (unpaired) electrons. The van der Waals surface area contributed by atoms with Crippen LogP contribution in [0.2, 0.25) is 0 Å². The van der Waals surface area contributed by atoms with Crippen molar-refractivity contribution in [2.75, 3.05) is 5.32 Å². The van der Waals surface area contributed by atoms with Crippen molar-refractivity contribution in [3.63, 3.8) is 0 Å². The molecule has 0 fully saturated rings. The Kier molecular flexibility index (Phi) is 4.76. The van der Waals surface area contributed by atoms with Crippen molar-refractivity contribution in [3.05, 3.63) is 40.3 Å². The summed E-state index contributed by atoms with van der Waals surface area (Å²) in [5.74, 6) is 0.108. The lowest BCUT2D eigenvalue weighted by Crippen LogP contribution is -2.13. The van der Waals surface area contributed by atoms with E-state index in [2.05, 4.69) is 15.5 Å². The molecule has 0 aliphatic heterocycles. The largest absolute Gasteiger partial charge is 0.459 e. The van der Waals surface area contributed by atoms with Gasteiger partial charge in [-0.1, -0.05) is 0 Å². The lowest BCUT2D eigenvalue weighted by atomic mass is 9.95. The lowest BCUT2D eigenvalue weighted by Gasteiger charge is -2.12. The first-order valence-electron chi connectivity index (χ1n) is 8.57. The number of nitrogens with one attached hydrogen (secondary N) is 1. The van der Waals surface area contributed by atoms with Crippen molar-refractivity contribution in [2.45, 2.75) is 39.2 Å². The van der Waals surface area contributed by atoms with Gasteiger partial charge in [0, 0.05) is 11.8 Å². The van der Waals surface area contributed by atoms with Gasteiger partial charge in [-0.15, -0.1) is 21.5 Å². The van der Waals surface area contributed by atoms with E-state index in [0.29, 0.717) is 16.3 Å². The predicted molar refractivity (Wildman–Crippen MR) is 96.4 cm³/mol. The smallest absolute Gasteiger partial charge is 0.341 e. The Labute approximate surface area is 158 Å². The molecule has 8 nitrogen and oxygen atoms in total. The van der Waals surface area contributed by atoms with Gasteiger partial charge in [-0.25, -0.2) is 4.79 Å². The number of hydrogen-bond acceptors (Lipinski definition) is 8. The maximum absolute atomic E-state index is 12.7. The monoisotopic (exact) mass is 387 g/mol. The third-order valence-electron chi connectivity index (χ3n) is 4.19. The first-order chi connectivity index (χ1) is 13.1. The van der Waals surface area contributed by atoms with Crippen LogP contribution in [0, 0.1) is 0 Å². The molecule has 4 rings (SSSR count). The SMILES string of the molecule is CC(=O)Nc1sc2c(c1C(=O)OCc1nnc(-c3ccco3)o1)CCCC2. The topological polar surface area (TPSA) is 107 Å². The normalized spacial score (nSPS) is 13.2. The fourth-order valence-electron chi connectivity index (χ4n) is 3.04. The average molecular weight is 387 g/mol. The second-order valence-electron chi connectivity index (χ2n) is 6.15. The minimum atomic E-state index is -0.504. The fraction of sp³-hybridized carbons (Fsp3) is 0.333. The number of rotatable bonds is 5. The number of hydrogen-bond donors (Lipinski definition) is 1. The Bertz CT molecular complexity index is 973. The summed E-state index contributed by atoms with van der Waals surface area (Å²) in [5, 5.41) is 11.0. The van der Waals surface area contributed by atoms with Gasteiger partial charge in [-0.3, -0.25) is 4.79 Å². The number of fused-ring (bicyclic) bond motifs is 1. The minimum Gasteiger partial charge on any atom is -0.459 e. The zero-order valence-corrected chi connectivity index (χ0v) is 15.4. The highest BCUT2D eigenvalue weighted by atomic mass is 32.1. The number of ether oxygens (including phenoxy) is 1. The molecule has 0 aromatic carbocycles. The summed E-state index contributed by atoms with van der Waals surface area (Å²) in [7, 11) is 0. The molecule has 1 aliphatic rings. The maximum atomic E-state index is 12.7. The van der Waals surface area contributed by atoms with Gasteiger partial charge < -0.3 is 18.9 Å². The summed E-state index contributed by atoms with van der Waals surface area (Å²) in [6, 6.07) is 3.41. The van der Waals surface area contributed by atoms with E-state index in [4.69, 9.17) is 13.6 Å². The van der Waals surface area contributed by atoms with Crippen LogP contribution < -0.4 is 5.32 Å². The molecular formula is C18H17N3O5S. The first kappa shape index (κ1) is 17.5. The number of amides is 1. The Morgan fingerprint density at radius 1 is 1.30 bits per heavy atom. The Balaban J connectivity index is 1.51. The van der Waals surface area contributed by atoms with Gasteiger partial charge in [0.25, 0.3) is 11.8 Å². The number of aryl methyl sites for hydroxylation is 1. The number of aromatic nitrogens is 2. The minimum absolute atomic E-state index is 0.156. The van der Waals surface area contributed by atoms with Gasteiger partial charge in [-0.05, 0) is 43.4 Å². The Hall–Kier alpha value is -2.94. The van der Waals surface area contributed by atoms with Crippen molar-refractivity contribution in [2.24, 2.45) is 0 Å². The molecule has 3 heterocycles. The summed E-state index contributed by atoms with van der Waals surface area (Å²) in [4.78, 5) is 25.3. The predicted octanol–water partition coefficient (Wildman–Crippen LogP) is 3.59. The third-order valence-corrected chi connectivity index (χ3v) is 5.40. The molecule has 1 N–H and O–H groups in total. The zero-order chi connectivity index (χ0) is 18.8. The standard InChI is InChI=1S/C18H17N3O5S/c1-10(22)19-17-15(11-5-2-3-7-13(11)27-17)18(23)25-9-14-20-21-16(26-14)12-6-4-8-24-12/h4,6,8H,2-3,5,7,9H2,1H3,(H,19,22). The van der Waals surface area contributed by atoms with Crippen LogP contribution in [0.25, 0.3) is 11.7 Å². The van der Waals surface area contributed by atoms with Crippen molar-refractivity contribution >= 4 is 28.2 Å². The van der Waals surface area contributed by atoms with Crippen LogP contribution in [0.15, 0.2) is 27.2 Å². The highest BCUT2D eigenvalue weighted by Crippen LogP contribution is 2.38. The van der Waals surface area contributed by atoms with Crippen molar-refractivity contribution < 1.29 is 23.2 Å². The van der Waals surface area contributed by atoms with E-state index >= 15 is 0 Å². The van der Waals surface area contributed by atoms with Gasteiger partial charge in [0.05, 0.1) is 11.8 Å². The van der Waals surface area contributed by atoms with E-state index in [1.165, 1.54) is 24.5 Å². The van der Waals surface area contributed by atoms with E-state index in [1.807, 2.05) is 0 Å². The number of esters is 1. The molecule has 3 aromatic heterocycles. The summed E-state index contributed by atoms with van der Waals surface area (Å²) >= 11 is 1.45. The third kappa shape index (κ3) is 3.63. The molecule has 0 saturated carbocycles. The van der Waals surface area contributed by atoms with Crippen LogP contribution in [0.4, 0.5) is 5.00 Å². The summed E-state index contributed by atoms with van der Waals surface area (Å²) in [5.41, 5.74) is 1.41. The summed E-state index contributed by atoms with van der Waals surface area (Å²) < 4.78 is 16.0. The molecular weight excluding hydrogens is 370 g/mol. The van der Waals surface area contributed by atoms with E-state index in [9.17, 15) is 9.59 Å². The number of carbonyl (C=O) groups is 2. The maximum Gasteiger partial charge on any atom is 0.341 e. The Morgan fingerprint density at radius 3 is 2.93 bits per heavy atom. The molecule has 3 aromatic rings. The molecule has 0 spiro atoms. The van der Waals surface area contributed by atoms with Gasteiger partial charge >= 0.3 is 5.97 Å². The second kappa shape index (κ2) is 7.36. The summed E-state index contributed by atoms with van der Waals surface area (Å²) in [6.45, 7) is 1.26. The van der Waals surface area contributed by atoms with E-state index in [-0.39, 0.29) is 24.3 Å². The van der Waals surface area contributed by atoms with Crippen LogP contribution in [-0.4, -0.2) is 22.1 Å². The van der Waals surface area contributed by atoms with E-state index in [0.717, 1.165) is 36.1 Å². The molecule has 1 aliphatic carbocycles. The van der Waals surface area contributed by atoms with Gasteiger partial charge in [0.15, 0.2) is 12.4 Å². The Morgan fingerprint density at radius 2 is 2.15 bits per heavy atom. The van der Waals surface area contributed by atoms with Crippen LogP contribution >= 0.6 is 11.3 Å². The molecule has 27 heavy (non-hydrogen) atoms. The molecule has 1 amide bonds. The summed E-state index contributed by atoms with van der Waals surface area (Å²) in [6.07, 6.45) is 5.32.